The van der Waals surface area contributed by atoms with Crippen molar-refractivity contribution < 1.29 is 15.0 Å². The van der Waals surface area contributed by atoms with Crippen molar-refractivity contribution in [2.75, 3.05) is 20.2 Å². The second-order valence-corrected chi connectivity index (χ2v) is 4.55. The SMILES string of the molecule is CN1CCCC1c1cccnc1.N[C@@H](CO)C(=O)O. The number of carboxylic acid groups (broad SMARTS) is 1. The molecule has 6 heteroatoms. The minimum Gasteiger partial charge on any atom is -0.480 e. The maximum Gasteiger partial charge on any atom is 0.322 e. The minimum atomic E-state index is -1.18. The number of hydrogen-bond donors (Lipinski definition) is 3. The van der Waals surface area contributed by atoms with Gasteiger partial charge in [-0.1, -0.05) is 6.07 Å². The number of nitrogens with two attached hydrogens (primary N) is 1. The first kappa shape index (κ1) is 15.6. The smallest absolute Gasteiger partial charge is 0.322 e. The van der Waals surface area contributed by atoms with E-state index < -0.39 is 18.6 Å². The first-order valence-corrected chi connectivity index (χ1v) is 6.25. The van der Waals surface area contributed by atoms with Gasteiger partial charge in [0.25, 0.3) is 0 Å². The van der Waals surface area contributed by atoms with Gasteiger partial charge >= 0.3 is 5.97 Å². The van der Waals surface area contributed by atoms with Crippen molar-refractivity contribution in [1.82, 2.24) is 9.88 Å². The molecule has 2 heterocycles. The van der Waals surface area contributed by atoms with Crippen LogP contribution in [0.5, 0.6) is 0 Å². The summed E-state index contributed by atoms with van der Waals surface area (Å²) in [5, 5.41) is 15.9. The van der Waals surface area contributed by atoms with Crippen LogP contribution in [0.1, 0.15) is 24.4 Å². The van der Waals surface area contributed by atoms with E-state index in [1.807, 2.05) is 18.5 Å². The summed E-state index contributed by atoms with van der Waals surface area (Å²) < 4.78 is 0. The van der Waals surface area contributed by atoms with Crippen LogP contribution in [0.3, 0.4) is 0 Å². The lowest BCUT2D eigenvalue weighted by atomic mass is 10.1. The highest BCUT2D eigenvalue weighted by Gasteiger charge is 2.21. The fourth-order valence-corrected chi connectivity index (χ4v) is 1.98. The predicted molar refractivity (Wildman–Crippen MR) is 71.5 cm³/mol. The third-order valence-electron chi connectivity index (χ3n) is 3.10. The lowest BCUT2D eigenvalue weighted by Gasteiger charge is -2.18. The third kappa shape index (κ3) is 4.94. The molecule has 2 atom stereocenters. The third-order valence-corrected chi connectivity index (χ3v) is 3.10. The Balaban J connectivity index is 0.000000224. The molecule has 0 aliphatic carbocycles. The van der Waals surface area contributed by atoms with E-state index in [0.29, 0.717) is 6.04 Å². The van der Waals surface area contributed by atoms with Crippen LogP contribution < -0.4 is 5.73 Å². The van der Waals surface area contributed by atoms with E-state index in [-0.39, 0.29) is 0 Å². The average molecular weight is 267 g/mol. The number of hydrogen-bond acceptors (Lipinski definition) is 5. The highest BCUT2D eigenvalue weighted by Crippen LogP contribution is 2.29. The molecule has 0 radical (unpaired) electrons. The van der Waals surface area contributed by atoms with E-state index >= 15 is 0 Å². The molecule has 0 saturated carbocycles. The lowest BCUT2D eigenvalue weighted by molar-refractivity contribution is -0.139. The summed E-state index contributed by atoms with van der Waals surface area (Å²) in [4.78, 5) is 16.2. The van der Waals surface area contributed by atoms with Crippen LogP contribution in [0, 0.1) is 0 Å². The second-order valence-electron chi connectivity index (χ2n) is 4.55. The topological polar surface area (TPSA) is 99.7 Å². The Labute approximate surface area is 112 Å². The Kier molecular flexibility index (Phi) is 6.41. The van der Waals surface area contributed by atoms with E-state index in [9.17, 15) is 4.79 Å². The molecular formula is C13H21N3O3. The maximum atomic E-state index is 9.65. The van der Waals surface area contributed by atoms with Crippen LogP contribution >= 0.6 is 0 Å². The molecule has 1 aliphatic heterocycles. The molecule has 19 heavy (non-hydrogen) atoms. The molecule has 0 bridgehead atoms. The zero-order valence-corrected chi connectivity index (χ0v) is 11.1. The van der Waals surface area contributed by atoms with Crippen molar-refractivity contribution in [3.8, 4) is 0 Å². The van der Waals surface area contributed by atoms with Crippen molar-refractivity contribution >= 4 is 5.97 Å². The molecule has 1 aliphatic rings. The van der Waals surface area contributed by atoms with Gasteiger partial charge in [0.2, 0.25) is 0 Å². The Morgan fingerprint density at radius 3 is 2.79 bits per heavy atom. The van der Waals surface area contributed by atoms with Gasteiger partial charge in [0.15, 0.2) is 0 Å². The number of rotatable bonds is 3. The molecule has 0 spiro atoms. The molecule has 1 aromatic rings. The van der Waals surface area contributed by atoms with E-state index in [2.05, 4.69) is 23.0 Å². The zero-order chi connectivity index (χ0) is 14.3. The summed E-state index contributed by atoms with van der Waals surface area (Å²) >= 11 is 0. The van der Waals surface area contributed by atoms with Crippen LogP contribution in [0.15, 0.2) is 24.5 Å². The van der Waals surface area contributed by atoms with Crippen molar-refractivity contribution in [1.29, 1.82) is 0 Å². The van der Waals surface area contributed by atoms with Crippen molar-refractivity contribution in [3.63, 3.8) is 0 Å². The molecule has 6 nitrogen and oxygen atoms in total. The fraction of sp³-hybridized carbons (Fsp3) is 0.538. The van der Waals surface area contributed by atoms with Crippen molar-refractivity contribution in [2.45, 2.75) is 24.9 Å². The second kappa shape index (κ2) is 7.83. The largest absolute Gasteiger partial charge is 0.480 e. The first-order valence-electron chi connectivity index (χ1n) is 6.25. The summed E-state index contributed by atoms with van der Waals surface area (Å²) in [6.07, 6.45) is 6.41. The van der Waals surface area contributed by atoms with Gasteiger partial charge in [0, 0.05) is 18.4 Å². The first-order chi connectivity index (χ1) is 9.06. The van der Waals surface area contributed by atoms with E-state index in [4.69, 9.17) is 15.9 Å². The molecule has 1 aromatic heterocycles. The summed E-state index contributed by atoms with van der Waals surface area (Å²) in [7, 11) is 2.19. The number of pyridine rings is 1. The molecule has 1 saturated heterocycles. The Morgan fingerprint density at radius 1 is 1.68 bits per heavy atom. The number of carboxylic acids is 1. The van der Waals surface area contributed by atoms with Crippen LogP contribution in [-0.4, -0.2) is 52.3 Å². The Bertz CT molecular complexity index is 386. The van der Waals surface area contributed by atoms with Crippen LogP contribution in [0.25, 0.3) is 0 Å². The number of aliphatic carboxylic acids is 1. The molecule has 0 aromatic carbocycles. The van der Waals surface area contributed by atoms with Gasteiger partial charge in [-0.2, -0.15) is 0 Å². The Morgan fingerprint density at radius 2 is 2.42 bits per heavy atom. The van der Waals surface area contributed by atoms with E-state index in [1.54, 1.807) is 0 Å². The van der Waals surface area contributed by atoms with Gasteiger partial charge in [-0.05, 0) is 38.1 Å². The zero-order valence-electron chi connectivity index (χ0n) is 11.1. The molecule has 4 N–H and O–H groups in total. The van der Waals surface area contributed by atoms with Gasteiger partial charge in [-0.3, -0.25) is 14.7 Å². The maximum absolute atomic E-state index is 9.65. The molecule has 1 fully saturated rings. The van der Waals surface area contributed by atoms with E-state index in [1.165, 1.54) is 24.9 Å². The molecular weight excluding hydrogens is 246 g/mol. The number of likely N-dealkylation sites (tertiary alicyclic amines) is 1. The highest BCUT2D eigenvalue weighted by molar-refractivity contribution is 5.73. The monoisotopic (exact) mass is 267 g/mol. The number of aliphatic hydroxyl groups excluding tert-OH is 1. The van der Waals surface area contributed by atoms with Gasteiger partial charge in [-0.25, -0.2) is 0 Å². The van der Waals surface area contributed by atoms with E-state index in [0.717, 1.165) is 0 Å². The number of nitrogens with zero attached hydrogens (tertiary/aromatic N) is 2. The van der Waals surface area contributed by atoms with Gasteiger partial charge < -0.3 is 15.9 Å². The summed E-state index contributed by atoms with van der Waals surface area (Å²) in [5.74, 6) is -1.18. The van der Waals surface area contributed by atoms with Crippen molar-refractivity contribution in [3.05, 3.63) is 30.1 Å². The van der Waals surface area contributed by atoms with Crippen molar-refractivity contribution in [2.24, 2.45) is 5.73 Å². The van der Waals surface area contributed by atoms with Gasteiger partial charge in [0.1, 0.15) is 6.04 Å². The van der Waals surface area contributed by atoms with Crippen LogP contribution in [0.4, 0.5) is 0 Å². The quantitative estimate of drug-likeness (QED) is 0.725. The molecule has 1 unspecified atom stereocenters. The normalized spacial score (nSPS) is 20.5. The lowest BCUT2D eigenvalue weighted by Crippen LogP contribution is -2.33. The van der Waals surface area contributed by atoms with Gasteiger partial charge in [0.05, 0.1) is 6.61 Å². The molecule has 0 amide bonds. The predicted octanol–water partition coefficient (Wildman–Crippen LogP) is 0.239. The Hall–Kier alpha value is -1.50. The summed E-state index contributed by atoms with van der Waals surface area (Å²) in [6, 6.07) is 3.67. The average Bonchev–Trinajstić information content (AvgIpc) is 2.85. The fourth-order valence-electron chi connectivity index (χ4n) is 1.98. The number of aromatic nitrogens is 1. The van der Waals surface area contributed by atoms with Gasteiger partial charge in [-0.15, -0.1) is 0 Å². The molecule has 2 rings (SSSR count). The summed E-state index contributed by atoms with van der Waals surface area (Å²) in [6.45, 7) is 0.717. The highest BCUT2D eigenvalue weighted by atomic mass is 16.4. The standard InChI is InChI=1S/C10H14N2.C3H7NO3/c1-12-7-3-5-10(12)9-4-2-6-11-8-9;4-2(1-5)3(6)7/h2,4,6,8,10H,3,5,7H2,1H3;2,5H,1,4H2,(H,6,7)/t;2-/m.0/s1. The number of carbonyl (C=O) groups is 1. The minimum absolute atomic E-state index is 0.505. The van der Waals surface area contributed by atoms with Crippen LogP contribution in [-0.2, 0) is 4.79 Å². The molecule has 106 valence electrons. The number of aliphatic hydroxyl groups is 1. The van der Waals surface area contributed by atoms with Crippen LogP contribution in [0.2, 0.25) is 0 Å². The summed E-state index contributed by atoms with van der Waals surface area (Å²) in [5.41, 5.74) is 6.13.